The van der Waals surface area contributed by atoms with Gasteiger partial charge < -0.3 is 9.15 Å². The molecule has 12 heavy (non-hydrogen) atoms. The first-order valence-corrected chi connectivity index (χ1v) is 3.37. The number of H-pyrrole nitrogens is 1. The number of carbonyl (C=O) groups excluding carboxylic acids is 1. The predicted octanol–water partition coefficient (Wildman–Crippen LogP) is 0.528. The smallest absolute Gasteiger partial charge is 0.396 e. The number of carbonyl (C=O) groups is 1. The standard InChI is InChI=1S/C5H6N2O3S.K/c1-2-9-4(8)3-6-7-5(11)10-3;/h2H2,1H3,(H,7,11);. The van der Waals surface area contributed by atoms with E-state index in [4.69, 9.17) is 0 Å². The summed E-state index contributed by atoms with van der Waals surface area (Å²) < 4.78 is 9.25. The van der Waals surface area contributed by atoms with Gasteiger partial charge in [-0.15, -0.1) is 5.10 Å². The Morgan fingerprint density at radius 3 is 2.92 bits per heavy atom. The minimum absolute atomic E-state index is 0. The molecule has 7 heteroatoms. The Morgan fingerprint density at radius 1 is 1.83 bits per heavy atom. The van der Waals surface area contributed by atoms with Gasteiger partial charge in [0.2, 0.25) is 0 Å². The number of hydrogen-bond acceptors (Lipinski definition) is 5. The zero-order valence-corrected chi connectivity index (χ0v) is 10.7. The fraction of sp³-hybridized carbons (Fsp3) is 0.400. The number of nitrogens with one attached hydrogen (secondary N) is 1. The van der Waals surface area contributed by atoms with E-state index < -0.39 is 5.97 Å². The molecule has 1 radical (unpaired) electrons. The maximum absolute atomic E-state index is 10.8. The van der Waals surface area contributed by atoms with Crippen molar-refractivity contribution in [3.05, 3.63) is 10.7 Å². The van der Waals surface area contributed by atoms with Gasteiger partial charge in [-0.2, -0.15) is 0 Å². The second-order valence-corrected chi connectivity index (χ2v) is 2.01. The molecule has 0 unspecified atom stereocenters. The Kier molecular flexibility index (Phi) is 6.24. The second-order valence-electron chi connectivity index (χ2n) is 1.64. The van der Waals surface area contributed by atoms with Gasteiger partial charge in [-0.3, -0.25) is 0 Å². The molecule has 1 aromatic rings. The third-order valence-electron chi connectivity index (χ3n) is 0.888. The molecule has 0 saturated heterocycles. The van der Waals surface area contributed by atoms with E-state index >= 15 is 0 Å². The maximum Gasteiger partial charge on any atom is 0.396 e. The molecule has 1 aromatic heterocycles. The van der Waals surface area contributed by atoms with E-state index in [-0.39, 0.29) is 68.7 Å². The number of nitrogens with zero attached hydrogens (tertiary/aromatic N) is 1. The number of rotatable bonds is 2. The Hall–Kier alpha value is 0.466. The van der Waals surface area contributed by atoms with Crippen LogP contribution in [-0.4, -0.2) is 74.2 Å². The normalized spacial score (nSPS) is 8.75. The van der Waals surface area contributed by atoms with Crippen LogP contribution in [0.2, 0.25) is 0 Å². The number of aromatic nitrogens is 2. The van der Waals surface area contributed by atoms with Gasteiger partial charge in [0.25, 0.3) is 4.84 Å². The number of aromatic amines is 1. The molecular formula is C5H6KN2O3S. The number of ether oxygens (including phenoxy) is 1. The zero-order valence-electron chi connectivity index (χ0n) is 6.79. The van der Waals surface area contributed by atoms with Crippen LogP contribution < -0.4 is 0 Å². The summed E-state index contributed by atoms with van der Waals surface area (Å²) in [6.07, 6.45) is 0. The summed E-state index contributed by atoms with van der Waals surface area (Å²) >= 11 is 4.54. The molecular weight excluding hydrogens is 207 g/mol. The third-order valence-corrected chi connectivity index (χ3v) is 1.06. The van der Waals surface area contributed by atoms with Crippen molar-refractivity contribution in [1.82, 2.24) is 10.2 Å². The van der Waals surface area contributed by atoms with E-state index in [1.165, 1.54) is 0 Å². The molecule has 0 aliphatic heterocycles. The summed E-state index contributed by atoms with van der Waals surface area (Å²) in [4.78, 5) is 10.9. The molecule has 61 valence electrons. The second kappa shape index (κ2) is 6.00. The van der Waals surface area contributed by atoms with Gasteiger partial charge in [0.1, 0.15) is 0 Å². The van der Waals surface area contributed by atoms with Crippen molar-refractivity contribution in [3.63, 3.8) is 0 Å². The van der Waals surface area contributed by atoms with Crippen LogP contribution in [0.4, 0.5) is 0 Å². The molecule has 0 amide bonds. The topological polar surface area (TPSA) is 68.1 Å². The molecule has 1 rings (SSSR count). The zero-order chi connectivity index (χ0) is 8.27. The third kappa shape index (κ3) is 3.46. The average Bonchev–Trinajstić information content (AvgIpc) is 2.36. The van der Waals surface area contributed by atoms with E-state index in [9.17, 15) is 4.79 Å². The summed E-state index contributed by atoms with van der Waals surface area (Å²) in [6.45, 7) is 1.98. The van der Waals surface area contributed by atoms with Gasteiger partial charge in [0, 0.05) is 51.4 Å². The fourth-order valence-electron chi connectivity index (χ4n) is 0.510. The monoisotopic (exact) mass is 213 g/mol. The maximum atomic E-state index is 10.8. The van der Waals surface area contributed by atoms with Gasteiger partial charge in [0.05, 0.1) is 6.61 Å². The van der Waals surface area contributed by atoms with Crippen molar-refractivity contribution in [2.45, 2.75) is 6.92 Å². The van der Waals surface area contributed by atoms with Crippen LogP contribution in [-0.2, 0) is 4.74 Å². The summed E-state index contributed by atoms with van der Waals surface area (Å²) in [7, 11) is 0. The van der Waals surface area contributed by atoms with E-state index in [0.29, 0.717) is 0 Å². The minimum Gasteiger partial charge on any atom is -0.459 e. The fourth-order valence-corrected chi connectivity index (χ4v) is 0.635. The van der Waals surface area contributed by atoms with Crippen LogP contribution >= 0.6 is 12.2 Å². The van der Waals surface area contributed by atoms with Gasteiger partial charge in [-0.25, -0.2) is 9.89 Å². The SMILES string of the molecule is CCOC(=O)c1n[nH]c(=S)o1.[K]. The van der Waals surface area contributed by atoms with Gasteiger partial charge in [-0.05, 0) is 19.1 Å². The van der Waals surface area contributed by atoms with Gasteiger partial charge >= 0.3 is 11.9 Å². The average molecular weight is 213 g/mol. The summed E-state index contributed by atoms with van der Waals surface area (Å²) in [5.41, 5.74) is 0. The van der Waals surface area contributed by atoms with Crippen LogP contribution in [0.25, 0.3) is 0 Å². The molecule has 1 heterocycles. The van der Waals surface area contributed by atoms with E-state index in [0.717, 1.165) is 0 Å². The molecule has 0 aliphatic carbocycles. The van der Waals surface area contributed by atoms with Crippen molar-refractivity contribution >= 4 is 69.6 Å². The molecule has 0 atom stereocenters. The Labute approximate surface area is 116 Å². The Bertz CT molecular complexity index is 308. The minimum atomic E-state index is -0.611. The van der Waals surface area contributed by atoms with Crippen LogP contribution in [0.5, 0.6) is 0 Å². The van der Waals surface area contributed by atoms with E-state index in [2.05, 4.69) is 31.6 Å². The van der Waals surface area contributed by atoms with Gasteiger partial charge in [-0.1, -0.05) is 0 Å². The van der Waals surface area contributed by atoms with Crippen molar-refractivity contribution in [1.29, 1.82) is 0 Å². The first-order chi connectivity index (χ1) is 5.24. The summed E-state index contributed by atoms with van der Waals surface area (Å²) in [6, 6.07) is 0. The first-order valence-electron chi connectivity index (χ1n) is 2.96. The molecule has 1 N–H and O–H groups in total. The van der Waals surface area contributed by atoms with Crippen LogP contribution in [0.3, 0.4) is 0 Å². The van der Waals surface area contributed by atoms with Crippen LogP contribution in [0, 0.1) is 4.84 Å². The van der Waals surface area contributed by atoms with Gasteiger partial charge in [0.15, 0.2) is 0 Å². The molecule has 0 fully saturated rings. The molecule has 5 nitrogen and oxygen atoms in total. The predicted molar refractivity (Wildman–Crippen MR) is 43.4 cm³/mol. The Morgan fingerprint density at radius 2 is 2.50 bits per heavy atom. The first kappa shape index (κ1) is 12.5. The molecule has 0 saturated carbocycles. The molecule has 0 aromatic carbocycles. The number of hydrogen-bond donors (Lipinski definition) is 1. The molecule has 0 bridgehead atoms. The quantitative estimate of drug-likeness (QED) is 0.441. The van der Waals surface area contributed by atoms with Crippen molar-refractivity contribution < 1.29 is 13.9 Å². The number of esters is 1. The Balaban J connectivity index is 0.00000121. The van der Waals surface area contributed by atoms with Crippen LogP contribution in [0.15, 0.2) is 4.42 Å². The molecule has 0 aliphatic rings. The van der Waals surface area contributed by atoms with Crippen molar-refractivity contribution in [2.24, 2.45) is 0 Å². The van der Waals surface area contributed by atoms with Crippen molar-refractivity contribution in [3.8, 4) is 0 Å². The van der Waals surface area contributed by atoms with Crippen LogP contribution in [0.1, 0.15) is 17.6 Å². The largest absolute Gasteiger partial charge is 0.459 e. The summed E-state index contributed by atoms with van der Waals surface area (Å²) in [5, 5.41) is 5.77. The summed E-state index contributed by atoms with van der Waals surface area (Å²) in [5.74, 6) is -0.753. The van der Waals surface area contributed by atoms with Crippen molar-refractivity contribution in [2.75, 3.05) is 6.61 Å². The van der Waals surface area contributed by atoms with E-state index in [1.54, 1.807) is 6.92 Å². The van der Waals surface area contributed by atoms with E-state index in [1.807, 2.05) is 0 Å². The molecule has 0 spiro atoms.